The van der Waals surface area contributed by atoms with Crippen molar-refractivity contribution in [1.29, 1.82) is 0 Å². The zero-order chi connectivity index (χ0) is 19.6. The number of hydrogen-bond donors (Lipinski definition) is 1. The molecule has 0 unspecified atom stereocenters. The van der Waals surface area contributed by atoms with Crippen molar-refractivity contribution in [3.8, 4) is 0 Å². The zero-order valence-corrected chi connectivity index (χ0v) is 17.8. The molecule has 5 nitrogen and oxygen atoms in total. The van der Waals surface area contributed by atoms with E-state index in [-0.39, 0.29) is 6.09 Å². The van der Waals surface area contributed by atoms with Crippen LogP contribution in [0.15, 0.2) is 12.1 Å². The van der Waals surface area contributed by atoms with Gasteiger partial charge in [-0.15, -0.1) is 22.7 Å². The van der Waals surface area contributed by atoms with Crippen LogP contribution >= 0.6 is 22.7 Å². The molecular formula is C20H27NO4S2. The van der Waals surface area contributed by atoms with E-state index in [4.69, 9.17) is 9.84 Å². The molecule has 0 aromatic carbocycles. The van der Waals surface area contributed by atoms with Crippen LogP contribution in [0.5, 0.6) is 0 Å². The highest BCUT2D eigenvalue weighted by Gasteiger charge is 2.26. The predicted octanol–water partition coefficient (Wildman–Crippen LogP) is 5.63. The van der Waals surface area contributed by atoms with Gasteiger partial charge in [0.2, 0.25) is 0 Å². The minimum absolute atomic E-state index is 0.194. The first-order chi connectivity index (χ1) is 12.7. The van der Waals surface area contributed by atoms with E-state index in [1.165, 1.54) is 22.6 Å². The number of carboxylic acids is 1. The molecule has 2 aromatic heterocycles. The average molecular weight is 410 g/mol. The van der Waals surface area contributed by atoms with Crippen molar-refractivity contribution in [2.45, 2.75) is 58.5 Å². The van der Waals surface area contributed by atoms with Gasteiger partial charge in [0.25, 0.3) is 0 Å². The lowest BCUT2D eigenvalue weighted by molar-refractivity contribution is 0.0180. The van der Waals surface area contributed by atoms with Crippen LogP contribution in [-0.4, -0.2) is 40.8 Å². The molecular weight excluding hydrogens is 382 g/mol. The monoisotopic (exact) mass is 409 g/mol. The second-order valence-electron chi connectivity index (χ2n) is 8.17. The smallest absolute Gasteiger partial charge is 0.410 e. The number of aromatic carboxylic acids is 1. The summed E-state index contributed by atoms with van der Waals surface area (Å²) in [5.74, 6) is -0.175. The highest BCUT2D eigenvalue weighted by Crippen LogP contribution is 2.34. The molecule has 0 bridgehead atoms. The number of carbonyl (C=O) groups excluding carboxylic acids is 1. The molecule has 1 fully saturated rings. The standard InChI is InChI=1S/C20H27NO4S2/c1-20(2,3)25-19(24)21-9-7-13(8-10-21)5-4-6-15-11-14-12-16(17(22)23)27-18(14)26-15/h11-13H,4-10H2,1-3H3,(H,22,23). The van der Waals surface area contributed by atoms with Crippen molar-refractivity contribution in [3.05, 3.63) is 21.9 Å². The molecule has 148 valence electrons. The molecule has 3 rings (SSSR count). The molecule has 2 aromatic rings. The third-order valence-corrected chi connectivity index (χ3v) is 7.22. The number of hydrogen-bond acceptors (Lipinski definition) is 5. The summed E-state index contributed by atoms with van der Waals surface area (Å²) in [5, 5.41) is 10.1. The average Bonchev–Trinajstić information content (AvgIpc) is 3.12. The molecule has 1 amide bonds. The fourth-order valence-corrected chi connectivity index (χ4v) is 5.79. The Bertz CT molecular complexity index is 778. The number of likely N-dealkylation sites (tertiary alicyclic amines) is 1. The number of thiophene rings is 2. The van der Waals surface area contributed by atoms with Crippen LogP contribution in [0, 0.1) is 5.92 Å². The van der Waals surface area contributed by atoms with E-state index in [0.29, 0.717) is 10.8 Å². The van der Waals surface area contributed by atoms with Gasteiger partial charge in [0, 0.05) is 23.4 Å². The lowest BCUT2D eigenvalue weighted by Crippen LogP contribution is -2.41. The maximum Gasteiger partial charge on any atom is 0.410 e. The van der Waals surface area contributed by atoms with Crippen molar-refractivity contribution < 1.29 is 19.4 Å². The van der Waals surface area contributed by atoms with Crippen LogP contribution < -0.4 is 0 Å². The molecule has 1 N–H and O–H groups in total. The van der Waals surface area contributed by atoms with Gasteiger partial charge in [0.15, 0.2) is 0 Å². The predicted molar refractivity (Wildman–Crippen MR) is 110 cm³/mol. The van der Waals surface area contributed by atoms with Crippen LogP contribution in [0.2, 0.25) is 0 Å². The molecule has 27 heavy (non-hydrogen) atoms. The van der Waals surface area contributed by atoms with Crippen LogP contribution in [0.3, 0.4) is 0 Å². The number of nitrogens with zero attached hydrogens (tertiary/aromatic N) is 1. The van der Waals surface area contributed by atoms with Gasteiger partial charge in [-0.05, 0) is 70.9 Å². The van der Waals surface area contributed by atoms with Gasteiger partial charge < -0.3 is 14.7 Å². The van der Waals surface area contributed by atoms with Crippen LogP contribution in [0.1, 0.15) is 61.0 Å². The summed E-state index contributed by atoms with van der Waals surface area (Å²) < 4.78 is 6.55. The summed E-state index contributed by atoms with van der Waals surface area (Å²) >= 11 is 3.08. The summed E-state index contributed by atoms with van der Waals surface area (Å²) in [5.41, 5.74) is -0.437. The Morgan fingerprint density at radius 1 is 1.22 bits per heavy atom. The number of aryl methyl sites for hydroxylation is 1. The summed E-state index contributed by atoms with van der Waals surface area (Å²) in [4.78, 5) is 26.7. The van der Waals surface area contributed by atoms with Crippen molar-refractivity contribution in [2.75, 3.05) is 13.1 Å². The van der Waals surface area contributed by atoms with Gasteiger partial charge in [-0.25, -0.2) is 9.59 Å². The Morgan fingerprint density at radius 2 is 1.93 bits per heavy atom. The molecule has 0 atom stereocenters. The van der Waals surface area contributed by atoms with Gasteiger partial charge in [-0.3, -0.25) is 0 Å². The Kier molecular flexibility index (Phi) is 6.11. The molecule has 0 spiro atoms. The van der Waals surface area contributed by atoms with Gasteiger partial charge in [-0.1, -0.05) is 0 Å². The lowest BCUT2D eigenvalue weighted by Gasteiger charge is -2.33. The van der Waals surface area contributed by atoms with E-state index in [9.17, 15) is 9.59 Å². The van der Waals surface area contributed by atoms with Gasteiger partial charge in [-0.2, -0.15) is 0 Å². The number of rotatable bonds is 5. The van der Waals surface area contributed by atoms with E-state index in [0.717, 1.165) is 48.2 Å². The van der Waals surface area contributed by atoms with Crippen molar-refractivity contribution in [3.63, 3.8) is 0 Å². The lowest BCUT2D eigenvalue weighted by atomic mass is 9.91. The number of amides is 1. The van der Waals surface area contributed by atoms with Crippen molar-refractivity contribution >= 4 is 44.1 Å². The van der Waals surface area contributed by atoms with Gasteiger partial charge in [0.05, 0.1) is 4.01 Å². The van der Waals surface area contributed by atoms with E-state index < -0.39 is 11.6 Å². The zero-order valence-electron chi connectivity index (χ0n) is 16.1. The van der Waals surface area contributed by atoms with Crippen molar-refractivity contribution in [2.24, 2.45) is 5.92 Å². The van der Waals surface area contributed by atoms with E-state index in [1.54, 1.807) is 17.4 Å². The largest absolute Gasteiger partial charge is 0.477 e. The van der Waals surface area contributed by atoms with Gasteiger partial charge >= 0.3 is 12.1 Å². The molecule has 3 heterocycles. The molecule has 1 aliphatic rings. The van der Waals surface area contributed by atoms with Crippen LogP contribution in [-0.2, 0) is 11.2 Å². The minimum Gasteiger partial charge on any atom is -0.477 e. The highest BCUT2D eigenvalue weighted by atomic mass is 32.2. The number of fused-ring (bicyclic) bond motifs is 1. The maximum atomic E-state index is 12.1. The summed E-state index contributed by atoms with van der Waals surface area (Å²) in [7, 11) is 0. The normalized spacial score (nSPS) is 16.0. The third-order valence-electron chi connectivity index (χ3n) is 4.78. The number of piperidine rings is 1. The second-order valence-corrected chi connectivity index (χ2v) is 10.6. The second kappa shape index (κ2) is 8.19. The number of carboxylic acid groups (broad SMARTS) is 1. The SMILES string of the molecule is CC(C)(C)OC(=O)N1CCC(CCCc2cc3cc(C(=O)O)sc3s2)CC1. The first-order valence-corrected chi connectivity index (χ1v) is 11.1. The topological polar surface area (TPSA) is 66.8 Å². The molecule has 7 heteroatoms. The number of carbonyl (C=O) groups is 2. The minimum atomic E-state index is -0.845. The fourth-order valence-electron chi connectivity index (χ4n) is 3.41. The van der Waals surface area contributed by atoms with Crippen molar-refractivity contribution in [1.82, 2.24) is 4.90 Å². The summed E-state index contributed by atoms with van der Waals surface area (Å²) in [6.45, 7) is 7.26. The molecule has 1 saturated heterocycles. The Balaban J connectivity index is 1.41. The highest BCUT2D eigenvalue weighted by molar-refractivity contribution is 7.39. The third kappa shape index (κ3) is 5.45. The van der Waals surface area contributed by atoms with E-state index in [2.05, 4.69) is 6.07 Å². The number of ether oxygens (including phenoxy) is 1. The quantitative estimate of drug-likeness (QED) is 0.695. The molecule has 0 radical (unpaired) electrons. The Morgan fingerprint density at radius 3 is 2.52 bits per heavy atom. The van der Waals surface area contributed by atoms with Crippen LogP contribution in [0.4, 0.5) is 4.79 Å². The molecule has 0 saturated carbocycles. The first kappa shape index (κ1) is 20.1. The van der Waals surface area contributed by atoms with Crippen LogP contribution in [0.25, 0.3) is 9.40 Å². The fraction of sp³-hybridized carbons (Fsp3) is 0.600. The first-order valence-electron chi connectivity index (χ1n) is 9.45. The van der Waals surface area contributed by atoms with E-state index in [1.807, 2.05) is 25.7 Å². The maximum absolute atomic E-state index is 12.1. The van der Waals surface area contributed by atoms with Gasteiger partial charge in [0.1, 0.15) is 10.5 Å². The van der Waals surface area contributed by atoms with E-state index >= 15 is 0 Å². The summed E-state index contributed by atoms with van der Waals surface area (Å²) in [6, 6.07) is 3.91. The molecule has 0 aliphatic carbocycles. The molecule has 1 aliphatic heterocycles. The Hall–Kier alpha value is -1.60. The summed E-state index contributed by atoms with van der Waals surface area (Å²) in [6.07, 6.45) is 5.24. The Labute approximate surface area is 167 Å².